The summed E-state index contributed by atoms with van der Waals surface area (Å²) in [5, 5.41) is 0. The van der Waals surface area contributed by atoms with E-state index >= 15 is 0 Å². The Morgan fingerprint density at radius 1 is 1.22 bits per heavy atom. The molecule has 0 aromatic carbocycles. The summed E-state index contributed by atoms with van der Waals surface area (Å²) in [6.45, 7) is 10.1. The lowest BCUT2D eigenvalue weighted by molar-refractivity contribution is -0.131. The Labute approximate surface area is 112 Å². The minimum atomic E-state index is 0.337. The summed E-state index contributed by atoms with van der Waals surface area (Å²) < 4.78 is 0. The fourth-order valence-electron chi connectivity index (χ4n) is 1.92. The van der Waals surface area contributed by atoms with Crippen LogP contribution < -0.4 is 0 Å². The van der Waals surface area contributed by atoms with Crippen molar-refractivity contribution >= 4 is 5.91 Å². The molecule has 102 valence electrons. The molecule has 0 aromatic heterocycles. The summed E-state index contributed by atoms with van der Waals surface area (Å²) in [6.07, 6.45) is 8.87. The number of amides is 1. The molecule has 0 aliphatic heterocycles. The zero-order valence-corrected chi connectivity index (χ0v) is 12.3. The Bertz CT molecular complexity index is 333. The third-order valence-electron chi connectivity index (χ3n) is 3.37. The predicted octanol–water partition coefficient (Wildman–Crippen LogP) is 3.94. The van der Waals surface area contributed by atoms with E-state index in [1.54, 1.807) is 0 Å². The molecule has 0 atom stereocenters. The molecule has 18 heavy (non-hydrogen) atoms. The van der Waals surface area contributed by atoms with Gasteiger partial charge in [-0.15, -0.1) is 0 Å². The van der Waals surface area contributed by atoms with E-state index in [9.17, 15) is 4.79 Å². The highest BCUT2D eigenvalue weighted by atomic mass is 16.2. The number of rotatable bonds is 7. The molecule has 1 fully saturated rings. The first-order chi connectivity index (χ1) is 8.54. The predicted molar refractivity (Wildman–Crippen MR) is 77.4 cm³/mol. The molecular weight excluding hydrogens is 222 g/mol. The monoisotopic (exact) mass is 249 g/mol. The van der Waals surface area contributed by atoms with Crippen molar-refractivity contribution in [2.75, 3.05) is 13.1 Å². The maximum absolute atomic E-state index is 11.9. The van der Waals surface area contributed by atoms with Crippen LogP contribution in [0.15, 0.2) is 23.3 Å². The molecule has 2 nitrogen and oxygen atoms in total. The molecule has 0 spiro atoms. The molecule has 2 heteroatoms. The zero-order chi connectivity index (χ0) is 13.5. The molecule has 0 aromatic rings. The van der Waals surface area contributed by atoms with Crippen LogP contribution in [0.25, 0.3) is 0 Å². The number of carbonyl (C=O) groups is 1. The highest BCUT2D eigenvalue weighted by Gasteiger charge is 2.32. The minimum absolute atomic E-state index is 0.337. The van der Waals surface area contributed by atoms with Gasteiger partial charge in [-0.1, -0.05) is 23.3 Å². The third-order valence-corrected chi connectivity index (χ3v) is 3.37. The van der Waals surface area contributed by atoms with Crippen molar-refractivity contribution in [2.45, 2.75) is 53.4 Å². The topological polar surface area (TPSA) is 20.3 Å². The third kappa shape index (κ3) is 5.52. The van der Waals surface area contributed by atoms with Crippen molar-refractivity contribution in [3.8, 4) is 0 Å². The quantitative estimate of drug-likeness (QED) is 0.626. The van der Waals surface area contributed by atoms with Crippen LogP contribution in [0.2, 0.25) is 0 Å². The van der Waals surface area contributed by atoms with Gasteiger partial charge >= 0.3 is 0 Å². The molecule has 1 amide bonds. The fourth-order valence-corrected chi connectivity index (χ4v) is 1.92. The van der Waals surface area contributed by atoms with E-state index in [0.717, 1.165) is 38.8 Å². The number of nitrogens with zero attached hydrogens (tertiary/aromatic N) is 1. The Balaban J connectivity index is 2.35. The van der Waals surface area contributed by atoms with Gasteiger partial charge in [0.15, 0.2) is 0 Å². The largest absolute Gasteiger partial charge is 0.339 e. The van der Waals surface area contributed by atoms with E-state index < -0.39 is 0 Å². The Kier molecular flexibility index (Phi) is 6.17. The Hall–Kier alpha value is -1.05. The van der Waals surface area contributed by atoms with Gasteiger partial charge in [-0.2, -0.15) is 0 Å². The van der Waals surface area contributed by atoms with Crippen molar-refractivity contribution < 1.29 is 4.79 Å². The van der Waals surface area contributed by atoms with Gasteiger partial charge in [-0.25, -0.2) is 0 Å². The van der Waals surface area contributed by atoms with Crippen molar-refractivity contribution in [1.29, 1.82) is 0 Å². The average molecular weight is 249 g/mol. The average Bonchev–Trinajstić information content (AvgIpc) is 3.12. The number of hydrogen-bond donors (Lipinski definition) is 0. The maximum atomic E-state index is 11.9. The number of likely N-dealkylation sites (N-methyl/N-ethyl adjacent to an activating group) is 1. The van der Waals surface area contributed by atoms with E-state index in [4.69, 9.17) is 0 Å². The number of hydrogen-bond acceptors (Lipinski definition) is 1. The molecule has 1 saturated carbocycles. The van der Waals surface area contributed by atoms with Crippen LogP contribution in [-0.2, 0) is 4.79 Å². The van der Waals surface area contributed by atoms with Crippen LogP contribution in [0.3, 0.4) is 0 Å². The molecule has 0 unspecified atom stereocenters. The standard InChI is InChI=1S/C16H27NO/c1-5-17(16(18)15-9-10-15)12-11-14(4)8-6-7-13(2)3/h7,11,15H,5-6,8-10,12H2,1-4H3. The highest BCUT2D eigenvalue weighted by Crippen LogP contribution is 2.30. The van der Waals surface area contributed by atoms with E-state index in [1.165, 1.54) is 11.1 Å². The van der Waals surface area contributed by atoms with Gasteiger partial charge in [-0.05, 0) is 53.4 Å². The second kappa shape index (κ2) is 7.40. The van der Waals surface area contributed by atoms with Gasteiger partial charge in [0, 0.05) is 19.0 Å². The van der Waals surface area contributed by atoms with E-state index in [2.05, 4.69) is 39.8 Å². The molecule has 0 N–H and O–H groups in total. The van der Waals surface area contributed by atoms with Gasteiger partial charge in [0.05, 0.1) is 0 Å². The van der Waals surface area contributed by atoms with Crippen LogP contribution in [0.1, 0.15) is 53.4 Å². The molecule has 0 heterocycles. The molecule has 0 saturated heterocycles. The van der Waals surface area contributed by atoms with Gasteiger partial charge in [0.2, 0.25) is 5.91 Å². The Morgan fingerprint density at radius 3 is 2.39 bits per heavy atom. The summed E-state index contributed by atoms with van der Waals surface area (Å²) in [6, 6.07) is 0. The summed E-state index contributed by atoms with van der Waals surface area (Å²) in [7, 11) is 0. The molecule has 1 aliphatic rings. The molecule has 0 radical (unpaired) electrons. The summed E-state index contributed by atoms with van der Waals surface area (Å²) in [4.78, 5) is 13.9. The first kappa shape index (κ1) is 15.0. The van der Waals surface area contributed by atoms with Crippen LogP contribution in [-0.4, -0.2) is 23.9 Å². The second-order valence-electron chi connectivity index (χ2n) is 5.52. The lowest BCUT2D eigenvalue weighted by atomic mass is 10.1. The number of allylic oxidation sites excluding steroid dienone is 3. The fraction of sp³-hybridized carbons (Fsp3) is 0.688. The normalized spacial score (nSPS) is 15.4. The van der Waals surface area contributed by atoms with Crippen LogP contribution >= 0.6 is 0 Å². The van der Waals surface area contributed by atoms with Crippen LogP contribution in [0.5, 0.6) is 0 Å². The molecule has 0 bridgehead atoms. The highest BCUT2D eigenvalue weighted by molar-refractivity contribution is 5.81. The van der Waals surface area contributed by atoms with Crippen LogP contribution in [0, 0.1) is 5.92 Å². The van der Waals surface area contributed by atoms with Gasteiger partial charge in [0.1, 0.15) is 0 Å². The van der Waals surface area contributed by atoms with Gasteiger partial charge in [-0.3, -0.25) is 4.79 Å². The smallest absolute Gasteiger partial charge is 0.225 e. The molecule has 1 aliphatic carbocycles. The van der Waals surface area contributed by atoms with Crippen molar-refractivity contribution in [1.82, 2.24) is 4.90 Å². The molecule has 1 rings (SSSR count). The van der Waals surface area contributed by atoms with Crippen molar-refractivity contribution in [3.63, 3.8) is 0 Å². The van der Waals surface area contributed by atoms with E-state index in [-0.39, 0.29) is 0 Å². The summed E-state index contributed by atoms with van der Waals surface area (Å²) >= 11 is 0. The minimum Gasteiger partial charge on any atom is -0.339 e. The number of carbonyl (C=O) groups excluding carboxylic acids is 1. The van der Waals surface area contributed by atoms with E-state index in [0.29, 0.717) is 11.8 Å². The first-order valence-electron chi connectivity index (χ1n) is 7.12. The molecular formula is C16H27NO. The first-order valence-corrected chi connectivity index (χ1v) is 7.12. The van der Waals surface area contributed by atoms with Crippen molar-refractivity contribution in [2.24, 2.45) is 5.92 Å². The lowest BCUT2D eigenvalue weighted by Crippen LogP contribution is -2.32. The van der Waals surface area contributed by atoms with Crippen molar-refractivity contribution in [3.05, 3.63) is 23.3 Å². The summed E-state index contributed by atoms with van der Waals surface area (Å²) in [5.74, 6) is 0.690. The zero-order valence-electron chi connectivity index (χ0n) is 12.3. The summed E-state index contributed by atoms with van der Waals surface area (Å²) in [5.41, 5.74) is 2.76. The lowest BCUT2D eigenvalue weighted by Gasteiger charge is -2.19. The van der Waals surface area contributed by atoms with Gasteiger partial charge in [0.25, 0.3) is 0 Å². The Morgan fingerprint density at radius 2 is 1.89 bits per heavy atom. The maximum Gasteiger partial charge on any atom is 0.225 e. The van der Waals surface area contributed by atoms with Crippen LogP contribution in [0.4, 0.5) is 0 Å². The second-order valence-corrected chi connectivity index (χ2v) is 5.52. The van der Waals surface area contributed by atoms with E-state index in [1.807, 2.05) is 4.90 Å². The van der Waals surface area contributed by atoms with Gasteiger partial charge < -0.3 is 4.90 Å². The SMILES string of the molecule is CCN(CC=C(C)CCC=C(C)C)C(=O)C1CC1.